The number of likely N-dealkylation sites (N-methyl/N-ethyl adjacent to an activating group) is 1. The van der Waals surface area contributed by atoms with Crippen LogP contribution in [-0.4, -0.2) is 46.5 Å². The van der Waals surface area contributed by atoms with E-state index in [1.54, 1.807) is 6.33 Å². The number of benzene rings is 1. The molecule has 0 radical (unpaired) electrons. The average Bonchev–Trinajstić information content (AvgIpc) is 3.36. The molecular formula is C24H29N5OS. The molecule has 2 aromatic heterocycles. The van der Waals surface area contributed by atoms with Gasteiger partial charge in [0.05, 0.1) is 11.9 Å². The van der Waals surface area contributed by atoms with Gasteiger partial charge in [-0.25, -0.2) is 9.97 Å². The van der Waals surface area contributed by atoms with Crippen LogP contribution in [0, 0.1) is 0 Å². The van der Waals surface area contributed by atoms with Crippen LogP contribution in [-0.2, 0) is 17.6 Å². The highest BCUT2D eigenvalue weighted by atomic mass is 32.1. The molecule has 0 bridgehead atoms. The molecule has 0 unspecified atom stereocenters. The van der Waals surface area contributed by atoms with Gasteiger partial charge in [0.25, 0.3) is 0 Å². The van der Waals surface area contributed by atoms with Gasteiger partial charge in [0.2, 0.25) is 5.91 Å². The number of aromatic nitrogens is 2. The van der Waals surface area contributed by atoms with Crippen LogP contribution in [0.4, 0.5) is 11.5 Å². The average molecular weight is 436 g/mol. The number of fused-ring (bicyclic) bond motifs is 3. The summed E-state index contributed by atoms with van der Waals surface area (Å²) in [6.07, 6.45) is 9.64. The molecule has 2 N–H and O–H groups in total. The third kappa shape index (κ3) is 4.43. The molecule has 2 aliphatic carbocycles. The SMILES string of the molecule is CN(CC(=O)Nc1ccccc1)C1CCC(Nc2ncnc3sc4c(c23)CCC4)CC1. The number of carbonyl (C=O) groups is 1. The van der Waals surface area contributed by atoms with Crippen molar-refractivity contribution >= 4 is 39.0 Å². The molecule has 5 rings (SSSR count). The van der Waals surface area contributed by atoms with E-state index >= 15 is 0 Å². The zero-order valence-corrected chi connectivity index (χ0v) is 18.8. The van der Waals surface area contributed by atoms with Crippen LogP contribution in [0.1, 0.15) is 42.5 Å². The number of rotatable bonds is 6. The number of hydrogen-bond donors (Lipinski definition) is 2. The number of thiophene rings is 1. The minimum absolute atomic E-state index is 0.0450. The molecule has 0 spiro atoms. The van der Waals surface area contributed by atoms with Gasteiger partial charge in [-0.05, 0) is 69.7 Å². The van der Waals surface area contributed by atoms with Gasteiger partial charge in [0.1, 0.15) is 17.0 Å². The molecule has 0 aliphatic heterocycles. The Morgan fingerprint density at radius 1 is 1.13 bits per heavy atom. The van der Waals surface area contributed by atoms with E-state index < -0.39 is 0 Å². The third-order valence-corrected chi connectivity index (χ3v) is 7.81. The van der Waals surface area contributed by atoms with Crippen molar-refractivity contribution in [2.24, 2.45) is 0 Å². The lowest BCUT2D eigenvalue weighted by Crippen LogP contribution is -2.42. The van der Waals surface area contributed by atoms with Gasteiger partial charge in [-0.2, -0.15) is 0 Å². The van der Waals surface area contributed by atoms with E-state index in [-0.39, 0.29) is 5.91 Å². The number of nitrogens with zero attached hydrogens (tertiary/aromatic N) is 3. The Balaban J connectivity index is 1.16. The molecule has 1 aromatic carbocycles. The number of carbonyl (C=O) groups excluding carboxylic acids is 1. The summed E-state index contributed by atoms with van der Waals surface area (Å²) in [6.45, 7) is 0.422. The van der Waals surface area contributed by atoms with Crippen LogP contribution >= 0.6 is 11.3 Å². The second-order valence-corrected chi connectivity index (χ2v) is 9.82. The molecule has 0 atom stereocenters. The fraction of sp³-hybridized carbons (Fsp3) is 0.458. The quantitative estimate of drug-likeness (QED) is 0.598. The zero-order chi connectivity index (χ0) is 21.2. The van der Waals surface area contributed by atoms with E-state index in [4.69, 9.17) is 0 Å². The normalized spacial score (nSPS) is 20.7. The smallest absolute Gasteiger partial charge is 0.238 e. The summed E-state index contributed by atoms with van der Waals surface area (Å²) in [5.74, 6) is 1.06. The summed E-state index contributed by atoms with van der Waals surface area (Å²) < 4.78 is 0. The van der Waals surface area contributed by atoms with E-state index in [2.05, 4.69) is 32.5 Å². The number of amides is 1. The van der Waals surface area contributed by atoms with Gasteiger partial charge in [0, 0.05) is 22.6 Å². The lowest BCUT2D eigenvalue weighted by Gasteiger charge is -2.34. The number of anilines is 2. The van der Waals surface area contributed by atoms with Gasteiger partial charge in [-0.15, -0.1) is 11.3 Å². The summed E-state index contributed by atoms with van der Waals surface area (Å²) in [5.41, 5.74) is 2.32. The molecule has 3 aromatic rings. The van der Waals surface area contributed by atoms with Crippen molar-refractivity contribution in [3.8, 4) is 0 Å². The fourth-order valence-electron chi connectivity index (χ4n) is 4.97. The van der Waals surface area contributed by atoms with Crippen molar-refractivity contribution in [1.29, 1.82) is 0 Å². The highest BCUT2D eigenvalue weighted by Crippen LogP contribution is 2.39. The minimum Gasteiger partial charge on any atom is -0.367 e. The molecule has 162 valence electrons. The van der Waals surface area contributed by atoms with Crippen molar-refractivity contribution in [3.05, 3.63) is 47.1 Å². The number of aryl methyl sites for hydroxylation is 2. The van der Waals surface area contributed by atoms with Crippen molar-refractivity contribution in [1.82, 2.24) is 14.9 Å². The Morgan fingerprint density at radius 3 is 2.74 bits per heavy atom. The summed E-state index contributed by atoms with van der Waals surface area (Å²) >= 11 is 1.84. The van der Waals surface area contributed by atoms with Gasteiger partial charge >= 0.3 is 0 Å². The first-order chi connectivity index (χ1) is 15.2. The molecule has 1 fully saturated rings. The Bertz CT molecular complexity index is 1060. The summed E-state index contributed by atoms with van der Waals surface area (Å²) in [7, 11) is 2.06. The highest BCUT2D eigenvalue weighted by molar-refractivity contribution is 7.19. The van der Waals surface area contributed by atoms with E-state index in [9.17, 15) is 4.79 Å². The first kappa shape index (κ1) is 20.4. The van der Waals surface area contributed by atoms with Crippen molar-refractivity contribution < 1.29 is 4.79 Å². The van der Waals surface area contributed by atoms with Crippen molar-refractivity contribution in [2.75, 3.05) is 24.2 Å². The largest absolute Gasteiger partial charge is 0.367 e. The second kappa shape index (κ2) is 8.93. The first-order valence-electron chi connectivity index (χ1n) is 11.2. The molecule has 0 saturated heterocycles. The van der Waals surface area contributed by atoms with Gasteiger partial charge in [-0.3, -0.25) is 9.69 Å². The van der Waals surface area contributed by atoms with E-state index in [1.807, 2.05) is 41.7 Å². The third-order valence-electron chi connectivity index (χ3n) is 6.61. The second-order valence-electron chi connectivity index (χ2n) is 8.74. The van der Waals surface area contributed by atoms with E-state index in [0.717, 1.165) is 48.4 Å². The van der Waals surface area contributed by atoms with Crippen LogP contribution in [0.25, 0.3) is 10.2 Å². The maximum Gasteiger partial charge on any atom is 0.238 e. The number of para-hydroxylation sites is 1. The van der Waals surface area contributed by atoms with Crippen LogP contribution in [0.2, 0.25) is 0 Å². The van der Waals surface area contributed by atoms with Gasteiger partial charge in [-0.1, -0.05) is 18.2 Å². The van der Waals surface area contributed by atoms with Crippen LogP contribution in [0.15, 0.2) is 36.7 Å². The van der Waals surface area contributed by atoms with Crippen molar-refractivity contribution in [2.45, 2.75) is 57.0 Å². The van der Waals surface area contributed by atoms with E-state index in [1.165, 1.54) is 28.7 Å². The summed E-state index contributed by atoms with van der Waals surface area (Å²) in [6, 6.07) is 10.5. The minimum atomic E-state index is 0.0450. The van der Waals surface area contributed by atoms with Crippen LogP contribution < -0.4 is 10.6 Å². The molecule has 6 nitrogen and oxygen atoms in total. The topological polar surface area (TPSA) is 70.2 Å². The molecule has 2 heterocycles. The van der Waals surface area contributed by atoms with Crippen molar-refractivity contribution in [3.63, 3.8) is 0 Å². The molecule has 31 heavy (non-hydrogen) atoms. The van der Waals surface area contributed by atoms with E-state index in [0.29, 0.717) is 18.6 Å². The van der Waals surface area contributed by atoms with Crippen LogP contribution in [0.3, 0.4) is 0 Å². The monoisotopic (exact) mass is 435 g/mol. The molecule has 7 heteroatoms. The predicted octanol–water partition coefficient (Wildman–Crippen LogP) is 4.47. The Kier molecular flexibility index (Phi) is 5.87. The Labute approximate surface area is 187 Å². The summed E-state index contributed by atoms with van der Waals surface area (Å²) in [5, 5.41) is 7.97. The lowest BCUT2D eigenvalue weighted by atomic mass is 9.90. The highest BCUT2D eigenvalue weighted by Gasteiger charge is 2.27. The summed E-state index contributed by atoms with van der Waals surface area (Å²) in [4.78, 5) is 26.3. The molecule has 1 saturated carbocycles. The zero-order valence-electron chi connectivity index (χ0n) is 17.9. The number of hydrogen-bond acceptors (Lipinski definition) is 6. The molecular weight excluding hydrogens is 406 g/mol. The predicted molar refractivity (Wildman–Crippen MR) is 127 cm³/mol. The van der Waals surface area contributed by atoms with Gasteiger partial charge in [0.15, 0.2) is 0 Å². The lowest BCUT2D eigenvalue weighted by molar-refractivity contribution is -0.117. The van der Waals surface area contributed by atoms with Gasteiger partial charge < -0.3 is 10.6 Å². The van der Waals surface area contributed by atoms with Crippen LogP contribution in [0.5, 0.6) is 0 Å². The molecule has 1 amide bonds. The Hall–Kier alpha value is -2.51. The Morgan fingerprint density at radius 2 is 1.94 bits per heavy atom. The molecule has 2 aliphatic rings. The first-order valence-corrected chi connectivity index (χ1v) is 12.1. The maximum atomic E-state index is 12.4. The standard InChI is InChI=1S/C24H29N5OS/c1-29(14-21(30)27-16-6-3-2-4-7-16)18-12-10-17(11-13-18)28-23-22-19-8-5-9-20(19)31-24(22)26-15-25-23/h2-4,6-7,15,17-18H,5,8-14H2,1H3,(H,27,30)(H,25,26,28). The fourth-order valence-corrected chi connectivity index (χ4v) is 6.20. The number of nitrogens with one attached hydrogen (secondary N) is 2. The maximum absolute atomic E-state index is 12.4.